The summed E-state index contributed by atoms with van der Waals surface area (Å²) in [5, 5.41) is 9.79. The van der Waals surface area contributed by atoms with Gasteiger partial charge in [-0.05, 0) is 89.5 Å². The summed E-state index contributed by atoms with van der Waals surface area (Å²) in [6, 6.07) is 65.6. The van der Waals surface area contributed by atoms with Crippen LogP contribution in [0, 0.1) is 0 Å². The quantitative estimate of drug-likeness (QED) is 0.178. The van der Waals surface area contributed by atoms with Gasteiger partial charge in [-0.15, -0.1) is 0 Å². The van der Waals surface area contributed by atoms with Crippen LogP contribution in [0.5, 0.6) is 0 Å². The fourth-order valence-electron chi connectivity index (χ4n) is 7.82. The first-order valence-electron chi connectivity index (χ1n) is 16.8. The second kappa shape index (κ2) is 11.1. The van der Waals surface area contributed by atoms with E-state index < -0.39 is 0 Å². The van der Waals surface area contributed by atoms with Crippen LogP contribution in [0.3, 0.4) is 0 Å². The third kappa shape index (κ3) is 4.40. The van der Waals surface area contributed by atoms with Crippen LogP contribution < -0.4 is 0 Å². The number of benzene rings is 9. The summed E-state index contributed by atoms with van der Waals surface area (Å²) in [5.74, 6) is 0. The van der Waals surface area contributed by atoms with E-state index in [4.69, 9.17) is 4.42 Å². The second-order valence-electron chi connectivity index (χ2n) is 12.8. The Kier molecular flexibility index (Phi) is 6.25. The van der Waals surface area contributed by atoms with Crippen molar-refractivity contribution in [3.63, 3.8) is 0 Å². The Balaban J connectivity index is 1.16. The molecule has 228 valence electrons. The molecule has 10 rings (SSSR count). The van der Waals surface area contributed by atoms with Crippen LogP contribution in [0.2, 0.25) is 0 Å². The highest BCUT2D eigenvalue weighted by Crippen LogP contribution is 2.45. The van der Waals surface area contributed by atoms with E-state index in [0.29, 0.717) is 0 Å². The summed E-state index contributed by atoms with van der Waals surface area (Å²) in [6.07, 6.45) is 0. The van der Waals surface area contributed by atoms with Gasteiger partial charge in [0.1, 0.15) is 11.2 Å². The number of hydrogen-bond donors (Lipinski definition) is 0. The molecule has 0 aliphatic rings. The van der Waals surface area contributed by atoms with Crippen molar-refractivity contribution >= 4 is 54.3 Å². The van der Waals surface area contributed by atoms with E-state index in [0.717, 1.165) is 33.1 Å². The maximum Gasteiger partial charge on any atom is 0.143 e. The van der Waals surface area contributed by atoms with Gasteiger partial charge < -0.3 is 4.42 Å². The molecule has 0 radical (unpaired) electrons. The van der Waals surface area contributed by atoms with Gasteiger partial charge in [0.2, 0.25) is 0 Å². The SMILES string of the molecule is c1ccc(-c2c3ccccc3c(-c3ccc(-c4ccc(-c5ccc6ccccc6c5)c5oc6ccccc6c45)cc3)c3ccccc23)cc1. The minimum atomic E-state index is 0.903. The van der Waals surface area contributed by atoms with Crippen molar-refractivity contribution in [1.82, 2.24) is 0 Å². The number of hydrogen-bond acceptors (Lipinski definition) is 1. The molecule has 0 unspecified atom stereocenters. The Morgan fingerprint density at radius 2 is 0.796 bits per heavy atom. The Labute approximate surface area is 284 Å². The first-order chi connectivity index (χ1) is 24.3. The van der Waals surface area contributed by atoms with Crippen molar-refractivity contribution in [3.05, 3.63) is 182 Å². The van der Waals surface area contributed by atoms with Crippen molar-refractivity contribution < 1.29 is 4.42 Å². The minimum Gasteiger partial charge on any atom is -0.455 e. The zero-order valence-electron chi connectivity index (χ0n) is 26.7. The predicted molar refractivity (Wildman–Crippen MR) is 208 cm³/mol. The van der Waals surface area contributed by atoms with E-state index in [1.54, 1.807) is 0 Å². The molecule has 49 heavy (non-hydrogen) atoms. The van der Waals surface area contributed by atoms with Gasteiger partial charge in [-0.1, -0.05) is 164 Å². The molecule has 0 aliphatic carbocycles. The Morgan fingerprint density at radius 1 is 0.306 bits per heavy atom. The minimum absolute atomic E-state index is 0.903. The van der Waals surface area contributed by atoms with Gasteiger partial charge in [-0.25, -0.2) is 0 Å². The van der Waals surface area contributed by atoms with E-state index in [1.165, 1.54) is 65.7 Å². The zero-order chi connectivity index (χ0) is 32.3. The predicted octanol–water partition coefficient (Wildman–Crippen LogP) is 13.7. The van der Waals surface area contributed by atoms with Crippen LogP contribution in [0.1, 0.15) is 0 Å². The van der Waals surface area contributed by atoms with Crippen molar-refractivity contribution in [2.45, 2.75) is 0 Å². The van der Waals surface area contributed by atoms with E-state index in [1.807, 2.05) is 6.07 Å². The van der Waals surface area contributed by atoms with Gasteiger partial charge in [0.15, 0.2) is 0 Å². The van der Waals surface area contributed by atoms with Crippen LogP contribution >= 0.6 is 0 Å². The Bertz CT molecular complexity index is 2800. The topological polar surface area (TPSA) is 13.1 Å². The summed E-state index contributed by atoms with van der Waals surface area (Å²) in [4.78, 5) is 0. The fourth-order valence-corrected chi connectivity index (χ4v) is 7.82. The molecule has 1 heteroatoms. The third-order valence-corrected chi connectivity index (χ3v) is 10.1. The monoisotopic (exact) mass is 622 g/mol. The van der Waals surface area contributed by atoms with Gasteiger partial charge in [0, 0.05) is 16.3 Å². The fraction of sp³-hybridized carbons (Fsp3) is 0. The molecule has 0 atom stereocenters. The van der Waals surface area contributed by atoms with Gasteiger partial charge in [-0.3, -0.25) is 0 Å². The summed E-state index contributed by atoms with van der Waals surface area (Å²) < 4.78 is 6.65. The first kappa shape index (κ1) is 27.7. The second-order valence-corrected chi connectivity index (χ2v) is 12.8. The van der Waals surface area contributed by atoms with Crippen LogP contribution in [0.15, 0.2) is 186 Å². The Morgan fingerprint density at radius 3 is 1.47 bits per heavy atom. The molecule has 0 aliphatic heterocycles. The molecule has 1 nitrogen and oxygen atoms in total. The maximum atomic E-state index is 6.65. The summed E-state index contributed by atoms with van der Waals surface area (Å²) in [7, 11) is 0. The summed E-state index contributed by atoms with van der Waals surface area (Å²) >= 11 is 0. The molecule has 10 aromatic rings. The number of para-hydroxylation sites is 1. The van der Waals surface area contributed by atoms with Crippen molar-refractivity contribution in [1.29, 1.82) is 0 Å². The molecule has 0 bridgehead atoms. The van der Waals surface area contributed by atoms with E-state index in [9.17, 15) is 0 Å². The van der Waals surface area contributed by atoms with Crippen LogP contribution in [-0.2, 0) is 0 Å². The molecule has 9 aromatic carbocycles. The van der Waals surface area contributed by atoms with Crippen LogP contribution in [0.25, 0.3) is 98.8 Å². The lowest BCUT2D eigenvalue weighted by Crippen LogP contribution is -1.91. The molecule has 1 heterocycles. The third-order valence-electron chi connectivity index (χ3n) is 10.1. The summed E-state index contributed by atoms with van der Waals surface area (Å²) in [5.41, 5.74) is 11.4. The van der Waals surface area contributed by atoms with Crippen molar-refractivity contribution in [3.8, 4) is 44.5 Å². The van der Waals surface area contributed by atoms with Crippen LogP contribution in [-0.4, -0.2) is 0 Å². The number of furan rings is 1. The van der Waals surface area contributed by atoms with E-state index >= 15 is 0 Å². The van der Waals surface area contributed by atoms with Crippen molar-refractivity contribution in [2.75, 3.05) is 0 Å². The highest BCUT2D eigenvalue weighted by Gasteiger charge is 2.19. The molecular weight excluding hydrogens is 593 g/mol. The van der Waals surface area contributed by atoms with Crippen LogP contribution in [0.4, 0.5) is 0 Å². The van der Waals surface area contributed by atoms with Gasteiger partial charge in [0.05, 0.1) is 0 Å². The molecular formula is C48H30O. The molecule has 1 aromatic heterocycles. The van der Waals surface area contributed by atoms with E-state index in [2.05, 4.69) is 176 Å². The highest BCUT2D eigenvalue weighted by atomic mass is 16.3. The molecule has 0 saturated heterocycles. The normalized spacial score (nSPS) is 11.7. The zero-order valence-corrected chi connectivity index (χ0v) is 26.7. The van der Waals surface area contributed by atoms with Gasteiger partial charge in [0.25, 0.3) is 0 Å². The highest BCUT2D eigenvalue weighted by molar-refractivity contribution is 6.22. The Hall–Kier alpha value is -6.44. The number of rotatable bonds is 4. The lowest BCUT2D eigenvalue weighted by Gasteiger charge is -2.18. The van der Waals surface area contributed by atoms with E-state index in [-0.39, 0.29) is 0 Å². The maximum absolute atomic E-state index is 6.65. The lowest BCUT2D eigenvalue weighted by molar-refractivity contribution is 0.670. The molecule has 0 amide bonds. The molecule has 0 saturated carbocycles. The smallest absolute Gasteiger partial charge is 0.143 e. The standard InChI is InChI=1S/C48H30O/c1-2-13-33(14-3-1)45-39-16-6-8-18-41(39)46(42-19-9-7-17-40(42)45)34-25-23-32(24-26-34)37-28-29-38(36-27-22-31-12-4-5-15-35(31)30-36)48-47(37)43-20-10-11-21-44(43)49-48/h1-30H. The number of fused-ring (bicyclic) bond motifs is 6. The van der Waals surface area contributed by atoms with Crippen molar-refractivity contribution in [2.24, 2.45) is 0 Å². The van der Waals surface area contributed by atoms with Gasteiger partial charge >= 0.3 is 0 Å². The first-order valence-corrected chi connectivity index (χ1v) is 16.8. The molecule has 0 N–H and O–H groups in total. The average molecular weight is 623 g/mol. The average Bonchev–Trinajstić information content (AvgIpc) is 3.57. The van der Waals surface area contributed by atoms with Gasteiger partial charge in [-0.2, -0.15) is 0 Å². The molecule has 0 spiro atoms. The lowest BCUT2D eigenvalue weighted by atomic mass is 9.85. The largest absolute Gasteiger partial charge is 0.455 e. The molecule has 0 fully saturated rings. The summed E-state index contributed by atoms with van der Waals surface area (Å²) in [6.45, 7) is 0.